The van der Waals surface area contributed by atoms with Crippen LogP contribution in [0.5, 0.6) is 0 Å². The number of carbonyl (C=O) groups is 1. The Labute approximate surface area is 187 Å². The maximum absolute atomic E-state index is 13.2. The molecule has 1 N–H and O–H groups in total. The Kier molecular flexibility index (Phi) is 5.39. The van der Waals surface area contributed by atoms with Gasteiger partial charge in [-0.3, -0.25) is 0 Å². The number of carbonyl (C=O) groups excluding carboxylic acids is 1. The van der Waals surface area contributed by atoms with Gasteiger partial charge < -0.3 is 19.6 Å². The second kappa shape index (κ2) is 8.38. The largest absolute Gasteiger partial charge is 0.418 e. The number of anilines is 2. The van der Waals surface area contributed by atoms with Gasteiger partial charge in [-0.05, 0) is 37.1 Å². The van der Waals surface area contributed by atoms with E-state index in [0.717, 1.165) is 30.3 Å². The van der Waals surface area contributed by atoms with E-state index in [4.69, 9.17) is 4.52 Å². The number of benzene rings is 1. The van der Waals surface area contributed by atoms with Crippen molar-refractivity contribution in [1.29, 1.82) is 0 Å². The Bertz CT molecular complexity index is 1140. The molecule has 1 aliphatic heterocycles. The monoisotopic (exact) mass is 458 g/mol. The number of aromatic nitrogens is 3. The summed E-state index contributed by atoms with van der Waals surface area (Å²) < 4.78 is 44.8. The van der Waals surface area contributed by atoms with Gasteiger partial charge in [-0.25, -0.2) is 9.78 Å². The highest BCUT2D eigenvalue weighted by Crippen LogP contribution is 2.39. The lowest BCUT2D eigenvalue weighted by molar-refractivity contribution is -0.136. The number of hydrogen-bond donors (Lipinski definition) is 1. The molecule has 3 aromatic rings. The van der Waals surface area contributed by atoms with Crippen molar-refractivity contribution in [1.82, 2.24) is 20.0 Å². The number of para-hydroxylation sites is 1. The van der Waals surface area contributed by atoms with Gasteiger partial charge in [0.25, 0.3) is 0 Å². The molecule has 172 valence electrons. The van der Waals surface area contributed by atoms with Crippen molar-refractivity contribution in [2.24, 2.45) is 0 Å². The molecule has 2 aromatic heterocycles. The zero-order chi connectivity index (χ0) is 23.0. The van der Waals surface area contributed by atoms with Crippen molar-refractivity contribution in [3.8, 4) is 11.4 Å². The number of alkyl halides is 3. The number of nitrogens with zero attached hydrogens (tertiary/aromatic N) is 5. The number of piperazine rings is 1. The van der Waals surface area contributed by atoms with Crippen molar-refractivity contribution in [3.63, 3.8) is 0 Å². The third-order valence-electron chi connectivity index (χ3n) is 5.74. The molecule has 8 nitrogen and oxygen atoms in total. The molecule has 0 radical (unpaired) electrons. The van der Waals surface area contributed by atoms with Gasteiger partial charge >= 0.3 is 12.2 Å². The lowest BCUT2D eigenvalue weighted by atomic mass is 10.1. The molecular weight excluding hydrogens is 437 g/mol. The number of halogens is 3. The molecule has 0 atom stereocenters. The Balaban J connectivity index is 1.18. The fraction of sp³-hybridized carbons (Fsp3) is 0.364. The van der Waals surface area contributed by atoms with Crippen molar-refractivity contribution in [2.45, 2.75) is 24.9 Å². The van der Waals surface area contributed by atoms with Gasteiger partial charge in [0.15, 0.2) is 0 Å². The Morgan fingerprint density at radius 1 is 1.06 bits per heavy atom. The molecule has 5 rings (SSSR count). The molecule has 1 aromatic carbocycles. The second-order valence-electron chi connectivity index (χ2n) is 8.08. The number of pyridine rings is 1. The molecule has 2 aliphatic rings. The molecule has 11 heteroatoms. The van der Waals surface area contributed by atoms with Crippen molar-refractivity contribution < 1.29 is 22.5 Å². The van der Waals surface area contributed by atoms with Crippen LogP contribution in [0.4, 0.5) is 29.5 Å². The van der Waals surface area contributed by atoms with Crippen LogP contribution in [0, 0.1) is 0 Å². The first-order valence-electron chi connectivity index (χ1n) is 10.7. The summed E-state index contributed by atoms with van der Waals surface area (Å²) in [6.07, 6.45) is -0.694. The summed E-state index contributed by atoms with van der Waals surface area (Å²) in [4.78, 5) is 25.0. The van der Waals surface area contributed by atoms with Crippen LogP contribution >= 0.6 is 0 Å². The number of hydrogen-bond acceptors (Lipinski definition) is 6. The standard InChI is InChI=1S/C22H21F3N6O2/c23-22(24,25)16-3-1-2-4-17(16)27-21(32)31-11-9-30(10-12-31)18-8-7-15(13-26-18)19-28-20(33-29-19)14-5-6-14/h1-4,7-8,13-14H,5-6,9-12H2,(H,27,32). The van der Waals surface area contributed by atoms with E-state index < -0.39 is 17.8 Å². The quantitative estimate of drug-likeness (QED) is 0.624. The van der Waals surface area contributed by atoms with E-state index >= 15 is 0 Å². The minimum absolute atomic E-state index is 0.249. The van der Waals surface area contributed by atoms with E-state index in [9.17, 15) is 18.0 Å². The summed E-state index contributed by atoms with van der Waals surface area (Å²) in [5.41, 5.74) is -0.358. The van der Waals surface area contributed by atoms with E-state index in [2.05, 4.69) is 20.4 Å². The Hall–Kier alpha value is -3.63. The van der Waals surface area contributed by atoms with Gasteiger partial charge in [-0.15, -0.1) is 0 Å². The van der Waals surface area contributed by atoms with Crippen LogP contribution in [0.15, 0.2) is 47.1 Å². The topological polar surface area (TPSA) is 87.4 Å². The fourth-order valence-electron chi connectivity index (χ4n) is 3.73. The van der Waals surface area contributed by atoms with Gasteiger partial charge in [0.1, 0.15) is 5.82 Å². The fourth-order valence-corrected chi connectivity index (χ4v) is 3.73. The van der Waals surface area contributed by atoms with Gasteiger partial charge in [-0.1, -0.05) is 17.3 Å². The lowest BCUT2D eigenvalue weighted by Gasteiger charge is -2.35. The van der Waals surface area contributed by atoms with E-state index in [-0.39, 0.29) is 5.69 Å². The Morgan fingerprint density at radius 2 is 1.82 bits per heavy atom. The van der Waals surface area contributed by atoms with Gasteiger partial charge in [0.05, 0.1) is 11.3 Å². The second-order valence-corrected chi connectivity index (χ2v) is 8.08. The van der Waals surface area contributed by atoms with Crippen LogP contribution in [0.2, 0.25) is 0 Å². The summed E-state index contributed by atoms with van der Waals surface area (Å²) >= 11 is 0. The van der Waals surface area contributed by atoms with Crippen LogP contribution in [0.25, 0.3) is 11.4 Å². The van der Waals surface area contributed by atoms with Crippen LogP contribution in [-0.2, 0) is 6.18 Å². The number of urea groups is 1. The van der Waals surface area contributed by atoms with E-state index in [1.165, 1.54) is 23.1 Å². The molecule has 33 heavy (non-hydrogen) atoms. The Morgan fingerprint density at radius 3 is 2.48 bits per heavy atom. The third-order valence-corrected chi connectivity index (χ3v) is 5.74. The molecule has 1 aliphatic carbocycles. The maximum atomic E-state index is 13.2. The number of nitrogens with one attached hydrogen (secondary N) is 1. The molecule has 2 fully saturated rings. The molecule has 0 bridgehead atoms. The molecule has 3 heterocycles. The van der Waals surface area contributed by atoms with Gasteiger partial charge in [-0.2, -0.15) is 18.2 Å². The minimum Gasteiger partial charge on any atom is -0.353 e. The highest BCUT2D eigenvalue weighted by molar-refractivity contribution is 5.90. The van der Waals surface area contributed by atoms with E-state index in [1.807, 2.05) is 17.0 Å². The minimum atomic E-state index is -4.54. The summed E-state index contributed by atoms with van der Waals surface area (Å²) in [7, 11) is 0. The SMILES string of the molecule is O=C(Nc1ccccc1C(F)(F)F)N1CCN(c2ccc(-c3noc(C4CC4)n3)cn2)CC1. The number of rotatable bonds is 4. The van der Waals surface area contributed by atoms with Crippen molar-refractivity contribution >= 4 is 17.5 Å². The zero-order valence-electron chi connectivity index (χ0n) is 17.5. The average molecular weight is 458 g/mol. The first-order valence-corrected chi connectivity index (χ1v) is 10.7. The lowest BCUT2D eigenvalue weighted by Crippen LogP contribution is -2.50. The molecule has 2 amide bonds. The first kappa shape index (κ1) is 21.2. The van der Waals surface area contributed by atoms with Crippen LogP contribution in [0.3, 0.4) is 0 Å². The molecule has 1 saturated heterocycles. The summed E-state index contributed by atoms with van der Waals surface area (Å²) in [6.45, 7) is 1.74. The summed E-state index contributed by atoms with van der Waals surface area (Å²) in [6, 6.07) is 8.12. The average Bonchev–Trinajstić information content (AvgIpc) is 3.55. The van der Waals surface area contributed by atoms with Crippen LogP contribution in [-0.4, -0.2) is 52.2 Å². The van der Waals surface area contributed by atoms with Gasteiger partial charge in [0, 0.05) is 43.9 Å². The molecule has 0 unspecified atom stereocenters. The van der Waals surface area contributed by atoms with E-state index in [1.54, 1.807) is 6.20 Å². The van der Waals surface area contributed by atoms with Crippen molar-refractivity contribution in [2.75, 3.05) is 36.4 Å². The normalized spacial score (nSPS) is 16.7. The van der Waals surface area contributed by atoms with Gasteiger partial charge in [0.2, 0.25) is 11.7 Å². The molecular formula is C22H21F3N6O2. The molecule has 0 spiro atoms. The van der Waals surface area contributed by atoms with Crippen LogP contribution < -0.4 is 10.2 Å². The maximum Gasteiger partial charge on any atom is 0.418 e. The third kappa shape index (κ3) is 4.62. The smallest absolute Gasteiger partial charge is 0.353 e. The van der Waals surface area contributed by atoms with E-state index in [0.29, 0.717) is 43.8 Å². The highest BCUT2D eigenvalue weighted by atomic mass is 19.4. The predicted molar refractivity (Wildman–Crippen MR) is 114 cm³/mol. The first-order chi connectivity index (χ1) is 15.9. The zero-order valence-corrected chi connectivity index (χ0v) is 17.5. The predicted octanol–water partition coefficient (Wildman–Crippen LogP) is 4.38. The summed E-state index contributed by atoms with van der Waals surface area (Å²) in [5, 5.41) is 6.41. The van der Waals surface area contributed by atoms with Crippen molar-refractivity contribution in [3.05, 3.63) is 54.0 Å². The molecule has 1 saturated carbocycles. The number of amides is 2. The highest BCUT2D eigenvalue weighted by Gasteiger charge is 2.34. The van der Waals surface area contributed by atoms with Crippen LogP contribution in [0.1, 0.15) is 30.2 Å². The summed E-state index contributed by atoms with van der Waals surface area (Å²) in [5.74, 6) is 2.30.